The molecule has 1 aromatic rings. The average molecular weight is 427 g/mol. The zero-order valence-electron chi connectivity index (χ0n) is 17.2. The highest BCUT2D eigenvalue weighted by Crippen LogP contribution is 2.51. The summed E-state index contributed by atoms with van der Waals surface area (Å²) in [7, 11) is -1.85. The van der Waals surface area contributed by atoms with Crippen LogP contribution in [0.3, 0.4) is 0 Å². The zero-order valence-corrected chi connectivity index (χ0v) is 18.0. The van der Waals surface area contributed by atoms with E-state index in [0.717, 1.165) is 18.9 Å². The number of likely N-dealkylation sites (N-methyl/N-ethyl adjacent to an activating group) is 1. The van der Waals surface area contributed by atoms with E-state index in [1.165, 1.54) is 16.4 Å². The Labute approximate surface area is 171 Å². The van der Waals surface area contributed by atoms with Crippen LogP contribution in [0, 0.1) is 21.4 Å². The van der Waals surface area contributed by atoms with Crippen LogP contribution < -0.4 is 5.32 Å². The van der Waals surface area contributed by atoms with Gasteiger partial charge >= 0.3 is 0 Å². The number of hydrogen-bond acceptors (Lipinski definition) is 7. The smallest absolute Gasteiger partial charge is 0.293 e. The zero-order chi connectivity index (χ0) is 21.4. The molecular weight excluding hydrogens is 396 g/mol. The number of rotatable bonds is 8. The van der Waals surface area contributed by atoms with E-state index in [9.17, 15) is 23.6 Å². The van der Waals surface area contributed by atoms with Gasteiger partial charge in [-0.1, -0.05) is 13.8 Å². The van der Waals surface area contributed by atoms with Crippen LogP contribution in [0.4, 0.5) is 11.4 Å². The summed E-state index contributed by atoms with van der Waals surface area (Å²) in [5, 5.41) is 25.1. The third-order valence-electron chi connectivity index (χ3n) is 6.05. The number of benzene rings is 1. The maximum atomic E-state index is 12.9. The van der Waals surface area contributed by atoms with Crippen molar-refractivity contribution in [2.24, 2.45) is 11.3 Å². The molecule has 9 nitrogen and oxygen atoms in total. The van der Waals surface area contributed by atoms with Gasteiger partial charge in [0.25, 0.3) is 5.69 Å². The minimum Gasteiger partial charge on any atom is -0.392 e. The summed E-state index contributed by atoms with van der Waals surface area (Å²) >= 11 is 0. The lowest BCUT2D eigenvalue weighted by molar-refractivity contribution is -0.384. The van der Waals surface area contributed by atoms with Gasteiger partial charge in [-0.05, 0) is 37.9 Å². The van der Waals surface area contributed by atoms with Crippen LogP contribution in [0.15, 0.2) is 23.1 Å². The van der Waals surface area contributed by atoms with Crippen molar-refractivity contribution in [3.05, 3.63) is 28.3 Å². The summed E-state index contributed by atoms with van der Waals surface area (Å²) in [4.78, 5) is 13.0. The quantitative estimate of drug-likeness (QED) is 0.480. The Hall–Kier alpha value is -1.75. The molecule has 162 valence electrons. The lowest BCUT2D eigenvalue weighted by Crippen LogP contribution is -2.47. The minimum atomic E-state index is -3.78. The molecule has 3 rings (SSSR count). The highest BCUT2D eigenvalue weighted by Gasteiger charge is 2.49. The van der Waals surface area contributed by atoms with Crippen LogP contribution >= 0.6 is 0 Å². The van der Waals surface area contributed by atoms with Gasteiger partial charge in [0.05, 0.1) is 15.9 Å². The SMILES string of the molecule is CC(C)[C@H](O)C1(CNc2ccc(S(=O)(=O)N3CCN(C)CC3)cc2[N+](=O)[O-])CC1. The van der Waals surface area contributed by atoms with Crippen LogP contribution in [0.1, 0.15) is 26.7 Å². The average Bonchev–Trinajstić information content (AvgIpc) is 3.47. The molecule has 2 N–H and O–H groups in total. The fourth-order valence-electron chi connectivity index (χ4n) is 3.87. The minimum absolute atomic E-state index is 0.0670. The van der Waals surface area contributed by atoms with E-state index in [1.54, 1.807) is 0 Å². The highest BCUT2D eigenvalue weighted by molar-refractivity contribution is 7.89. The molecule has 1 aliphatic carbocycles. The normalized spacial score (nSPS) is 21.1. The van der Waals surface area contributed by atoms with Crippen LogP contribution in [0.2, 0.25) is 0 Å². The Balaban J connectivity index is 1.80. The number of hydrogen-bond donors (Lipinski definition) is 2. The van der Waals surface area contributed by atoms with E-state index in [1.807, 2.05) is 25.8 Å². The second-order valence-corrected chi connectivity index (χ2v) is 10.5. The van der Waals surface area contributed by atoms with Crippen LogP contribution in [0.5, 0.6) is 0 Å². The Morgan fingerprint density at radius 3 is 2.38 bits per heavy atom. The molecule has 0 radical (unpaired) electrons. The lowest BCUT2D eigenvalue weighted by Gasteiger charge is -2.31. The third kappa shape index (κ3) is 4.55. The van der Waals surface area contributed by atoms with Crippen molar-refractivity contribution in [3.63, 3.8) is 0 Å². The molecule has 0 bridgehead atoms. The van der Waals surface area contributed by atoms with Gasteiger partial charge in [0.15, 0.2) is 0 Å². The first-order valence-electron chi connectivity index (χ1n) is 9.96. The van der Waals surface area contributed by atoms with Crippen molar-refractivity contribution < 1.29 is 18.4 Å². The predicted molar refractivity (Wildman–Crippen MR) is 110 cm³/mol. The molecule has 29 heavy (non-hydrogen) atoms. The first-order chi connectivity index (χ1) is 13.6. The molecule has 0 unspecified atom stereocenters. The number of sulfonamides is 1. The molecule has 2 aliphatic rings. The van der Waals surface area contributed by atoms with Crippen molar-refractivity contribution in [1.29, 1.82) is 0 Å². The largest absolute Gasteiger partial charge is 0.392 e. The molecule has 1 heterocycles. The second kappa shape index (κ2) is 8.17. The Bertz CT molecular complexity index is 861. The fraction of sp³-hybridized carbons (Fsp3) is 0.684. The standard InChI is InChI=1S/C19H30N4O5S/c1-14(2)18(24)19(6-7-19)13-20-16-5-4-15(12-17(16)23(25)26)29(27,28)22-10-8-21(3)9-11-22/h4-5,12,14,18,20,24H,6-11,13H2,1-3H3/t18-/m0/s1. The Morgan fingerprint density at radius 1 is 1.24 bits per heavy atom. The number of aliphatic hydroxyl groups is 1. The summed E-state index contributed by atoms with van der Waals surface area (Å²) in [5.74, 6) is 0.102. The monoisotopic (exact) mass is 426 g/mol. The first-order valence-corrected chi connectivity index (χ1v) is 11.4. The van der Waals surface area contributed by atoms with Gasteiger partial charge in [0, 0.05) is 44.2 Å². The van der Waals surface area contributed by atoms with Crippen LogP contribution in [-0.2, 0) is 10.0 Å². The molecular formula is C19H30N4O5S. The van der Waals surface area contributed by atoms with E-state index < -0.39 is 21.1 Å². The molecule has 0 aromatic heterocycles. The van der Waals surface area contributed by atoms with Gasteiger partial charge in [0.2, 0.25) is 10.0 Å². The van der Waals surface area contributed by atoms with Crippen molar-refractivity contribution in [1.82, 2.24) is 9.21 Å². The molecule has 10 heteroatoms. The number of nitrogens with one attached hydrogen (secondary N) is 1. The van der Waals surface area contributed by atoms with E-state index in [2.05, 4.69) is 5.32 Å². The lowest BCUT2D eigenvalue weighted by atomic mass is 9.90. The maximum absolute atomic E-state index is 12.9. The molecule has 1 aliphatic heterocycles. The summed E-state index contributed by atoms with van der Waals surface area (Å²) in [6.07, 6.45) is 1.25. The van der Waals surface area contributed by atoms with Gasteiger partial charge in [0.1, 0.15) is 5.69 Å². The van der Waals surface area contributed by atoms with E-state index in [4.69, 9.17) is 0 Å². The summed E-state index contributed by atoms with van der Waals surface area (Å²) in [5.41, 5.74) is -0.267. The molecule has 1 aromatic carbocycles. The number of nitro benzene ring substituents is 1. The van der Waals surface area contributed by atoms with Crippen molar-refractivity contribution in [2.45, 2.75) is 37.7 Å². The van der Waals surface area contributed by atoms with Gasteiger partial charge < -0.3 is 15.3 Å². The van der Waals surface area contributed by atoms with Crippen LogP contribution in [0.25, 0.3) is 0 Å². The Kier molecular flexibility index (Phi) is 6.19. The number of nitro groups is 1. The molecule has 0 spiro atoms. The molecule has 1 atom stereocenters. The molecule has 2 fully saturated rings. The second-order valence-electron chi connectivity index (χ2n) is 8.55. The van der Waals surface area contributed by atoms with E-state index in [0.29, 0.717) is 32.7 Å². The predicted octanol–water partition coefficient (Wildman–Crippen LogP) is 1.74. The number of nitrogens with zero attached hydrogens (tertiary/aromatic N) is 3. The van der Waals surface area contributed by atoms with Gasteiger partial charge in [-0.2, -0.15) is 4.31 Å². The topological polar surface area (TPSA) is 116 Å². The van der Waals surface area contributed by atoms with Crippen molar-refractivity contribution in [2.75, 3.05) is 45.1 Å². The molecule has 0 amide bonds. The van der Waals surface area contributed by atoms with Gasteiger partial charge in [-0.3, -0.25) is 10.1 Å². The summed E-state index contributed by atoms with van der Waals surface area (Å²) < 4.78 is 27.2. The number of anilines is 1. The fourth-order valence-corrected chi connectivity index (χ4v) is 5.31. The van der Waals surface area contributed by atoms with E-state index >= 15 is 0 Å². The van der Waals surface area contributed by atoms with E-state index in [-0.39, 0.29) is 27.6 Å². The number of piperazine rings is 1. The van der Waals surface area contributed by atoms with Crippen molar-refractivity contribution in [3.8, 4) is 0 Å². The number of aliphatic hydroxyl groups excluding tert-OH is 1. The summed E-state index contributed by atoms with van der Waals surface area (Å²) in [6.45, 7) is 6.29. The van der Waals surface area contributed by atoms with Gasteiger partial charge in [-0.25, -0.2) is 8.42 Å². The first kappa shape index (κ1) is 21.9. The molecule has 1 saturated heterocycles. The summed E-state index contributed by atoms with van der Waals surface area (Å²) in [6, 6.07) is 4.01. The highest BCUT2D eigenvalue weighted by atomic mass is 32.2. The third-order valence-corrected chi connectivity index (χ3v) is 7.94. The molecule has 1 saturated carbocycles. The Morgan fingerprint density at radius 2 is 1.86 bits per heavy atom. The van der Waals surface area contributed by atoms with Gasteiger partial charge in [-0.15, -0.1) is 0 Å². The van der Waals surface area contributed by atoms with Crippen LogP contribution in [-0.4, -0.2) is 73.5 Å². The maximum Gasteiger partial charge on any atom is 0.293 e. The van der Waals surface area contributed by atoms with Crippen molar-refractivity contribution >= 4 is 21.4 Å².